The van der Waals surface area contributed by atoms with Gasteiger partial charge in [-0.1, -0.05) is 33.3 Å². The Hall–Kier alpha value is -2.16. The van der Waals surface area contributed by atoms with Crippen LogP contribution in [-0.4, -0.2) is 56.7 Å². The predicted octanol–water partition coefficient (Wildman–Crippen LogP) is 4.43. The van der Waals surface area contributed by atoms with Crippen LogP contribution < -0.4 is 14.4 Å². The van der Waals surface area contributed by atoms with E-state index in [9.17, 15) is 4.79 Å². The lowest BCUT2D eigenvalue weighted by molar-refractivity contribution is -0.120. The van der Waals surface area contributed by atoms with E-state index in [4.69, 9.17) is 9.47 Å². The van der Waals surface area contributed by atoms with Crippen LogP contribution in [0.4, 0.5) is 5.13 Å². The summed E-state index contributed by atoms with van der Waals surface area (Å²) >= 11 is 5.00. The van der Waals surface area contributed by atoms with E-state index in [1.165, 1.54) is 11.3 Å². The second-order valence-electron chi connectivity index (χ2n) is 6.78. The van der Waals surface area contributed by atoms with E-state index in [1.807, 2.05) is 44.4 Å². The number of methoxy groups -OCH3 is 1. The Kier molecular flexibility index (Phi) is 7.46. The van der Waals surface area contributed by atoms with E-state index >= 15 is 0 Å². The van der Waals surface area contributed by atoms with E-state index in [2.05, 4.69) is 25.8 Å². The number of nitrogens with zero attached hydrogens (tertiary/aromatic N) is 3. The average Bonchev–Trinajstić information content (AvgIpc) is 3.12. The molecule has 1 heterocycles. The lowest BCUT2D eigenvalue weighted by Gasteiger charge is -2.21. The molecule has 0 aliphatic carbocycles. The molecule has 0 aliphatic rings. The molecule has 154 valence electrons. The van der Waals surface area contributed by atoms with Crippen LogP contribution in [0.2, 0.25) is 0 Å². The summed E-state index contributed by atoms with van der Waals surface area (Å²) in [6.45, 7) is 1.41. The molecule has 0 unspecified atom stereocenters. The molecule has 0 aliphatic heterocycles. The number of hydrogen-bond donors (Lipinski definition) is 0. The zero-order chi connectivity index (χ0) is 20.8. The van der Waals surface area contributed by atoms with Crippen LogP contribution in [0.5, 0.6) is 11.5 Å². The number of thiazole rings is 1. The molecular formula is C21H24BrN3O3S. The van der Waals surface area contributed by atoms with Crippen LogP contribution in [0.3, 0.4) is 0 Å². The molecule has 0 saturated heterocycles. The molecule has 1 aromatic heterocycles. The first kappa shape index (κ1) is 21.5. The van der Waals surface area contributed by atoms with E-state index in [1.54, 1.807) is 24.1 Å². The lowest BCUT2D eigenvalue weighted by Crippen LogP contribution is -2.36. The van der Waals surface area contributed by atoms with Gasteiger partial charge in [0.15, 0.2) is 11.7 Å². The molecule has 2 aromatic carbocycles. The van der Waals surface area contributed by atoms with Gasteiger partial charge in [0.25, 0.3) is 5.91 Å². The number of hydrogen-bond acceptors (Lipinski definition) is 6. The second-order valence-corrected chi connectivity index (χ2v) is 8.70. The summed E-state index contributed by atoms with van der Waals surface area (Å²) in [5, 5.41) is 0.691. The van der Waals surface area contributed by atoms with E-state index in [0.29, 0.717) is 23.2 Å². The lowest BCUT2D eigenvalue weighted by atomic mass is 10.3. The third-order valence-electron chi connectivity index (χ3n) is 4.26. The molecule has 0 spiro atoms. The molecule has 3 aromatic rings. The quantitative estimate of drug-likeness (QED) is 0.456. The monoisotopic (exact) mass is 477 g/mol. The fraction of sp³-hybridized carbons (Fsp3) is 0.333. The summed E-state index contributed by atoms with van der Waals surface area (Å²) < 4.78 is 13.0. The molecule has 0 N–H and O–H groups in total. The van der Waals surface area contributed by atoms with Gasteiger partial charge in [-0.05, 0) is 57.4 Å². The fourth-order valence-electron chi connectivity index (χ4n) is 2.79. The molecule has 1 amide bonds. The normalized spacial score (nSPS) is 11.1. The maximum atomic E-state index is 13.0. The first-order chi connectivity index (χ1) is 14.0. The van der Waals surface area contributed by atoms with Gasteiger partial charge < -0.3 is 14.4 Å². The summed E-state index contributed by atoms with van der Waals surface area (Å²) in [4.78, 5) is 21.5. The molecule has 0 bridgehead atoms. The number of ether oxygens (including phenoxy) is 2. The molecule has 3 rings (SSSR count). The van der Waals surface area contributed by atoms with Gasteiger partial charge in [-0.25, -0.2) is 4.98 Å². The van der Waals surface area contributed by atoms with Crippen molar-refractivity contribution in [3.8, 4) is 11.5 Å². The van der Waals surface area contributed by atoms with Crippen molar-refractivity contribution >= 4 is 48.5 Å². The van der Waals surface area contributed by atoms with Crippen LogP contribution in [0.1, 0.15) is 6.42 Å². The van der Waals surface area contributed by atoms with Crippen LogP contribution in [-0.2, 0) is 4.79 Å². The summed E-state index contributed by atoms with van der Waals surface area (Å²) in [7, 11) is 5.64. The standard InChI is InChI=1S/C21H24BrN3O3S/c1-24(2)10-5-11-25(21-23-18-9-8-15(22)12-19(18)29-21)20(26)14-28-17-7-4-6-16(13-17)27-3/h4,6-9,12-13H,5,10-11,14H2,1-3H3. The zero-order valence-electron chi connectivity index (χ0n) is 16.7. The van der Waals surface area contributed by atoms with Crippen molar-refractivity contribution in [1.82, 2.24) is 9.88 Å². The predicted molar refractivity (Wildman–Crippen MR) is 121 cm³/mol. The molecule has 0 saturated carbocycles. The molecule has 0 fully saturated rings. The largest absolute Gasteiger partial charge is 0.497 e. The minimum atomic E-state index is -0.121. The Balaban J connectivity index is 1.76. The Morgan fingerprint density at radius 1 is 1.14 bits per heavy atom. The van der Waals surface area contributed by atoms with Gasteiger partial charge in [0, 0.05) is 17.1 Å². The summed E-state index contributed by atoms with van der Waals surface area (Å²) in [5.41, 5.74) is 0.882. The van der Waals surface area contributed by atoms with Crippen LogP contribution in [0.15, 0.2) is 46.9 Å². The molecule has 0 radical (unpaired) electrons. The maximum absolute atomic E-state index is 13.0. The van der Waals surface area contributed by atoms with Crippen LogP contribution in [0, 0.1) is 0 Å². The minimum Gasteiger partial charge on any atom is -0.497 e. The van der Waals surface area contributed by atoms with Crippen LogP contribution >= 0.6 is 27.3 Å². The molecule has 8 heteroatoms. The first-order valence-corrected chi connectivity index (χ1v) is 10.9. The number of anilines is 1. The van der Waals surface area contributed by atoms with Gasteiger partial charge in [-0.15, -0.1) is 0 Å². The summed E-state index contributed by atoms with van der Waals surface area (Å²) in [5.74, 6) is 1.17. The average molecular weight is 478 g/mol. The van der Waals surface area contributed by atoms with Gasteiger partial charge in [0.2, 0.25) is 0 Å². The maximum Gasteiger partial charge on any atom is 0.266 e. The highest BCUT2D eigenvalue weighted by atomic mass is 79.9. The fourth-order valence-corrected chi connectivity index (χ4v) is 4.35. The van der Waals surface area contributed by atoms with Crippen molar-refractivity contribution in [3.05, 3.63) is 46.9 Å². The Labute approximate surface area is 183 Å². The van der Waals surface area contributed by atoms with E-state index in [0.717, 1.165) is 27.7 Å². The zero-order valence-corrected chi connectivity index (χ0v) is 19.1. The van der Waals surface area contributed by atoms with Crippen molar-refractivity contribution in [1.29, 1.82) is 0 Å². The number of aromatic nitrogens is 1. The van der Waals surface area contributed by atoms with Crippen molar-refractivity contribution in [2.45, 2.75) is 6.42 Å². The van der Waals surface area contributed by atoms with E-state index < -0.39 is 0 Å². The third-order valence-corrected chi connectivity index (χ3v) is 5.80. The Bertz CT molecular complexity index is 977. The van der Waals surface area contributed by atoms with Gasteiger partial charge in [0.1, 0.15) is 11.5 Å². The molecular weight excluding hydrogens is 454 g/mol. The molecule has 29 heavy (non-hydrogen) atoms. The highest BCUT2D eigenvalue weighted by Gasteiger charge is 2.20. The molecule has 0 atom stereocenters. The van der Waals surface area contributed by atoms with Crippen LogP contribution in [0.25, 0.3) is 10.2 Å². The molecule has 6 nitrogen and oxygen atoms in total. The SMILES string of the molecule is COc1cccc(OCC(=O)N(CCCN(C)C)c2nc3ccc(Br)cc3s2)c1. The number of rotatable bonds is 9. The van der Waals surface area contributed by atoms with Gasteiger partial charge in [-0.3, -0.25) is 9.69 Å². The van der Waals surface area contributed by atoms with Crippen molar-refractivity contribution in [2.24, 2.45) is 0 Å². The van der Waals surface area contributed by atoms with Gasteiger partial charge in [-0.2, -0.15) is 0 Å². The highest BCUT2D eigenvalue weighted by Crippen LogP contribution is 2.31. The number of halogens is 1. The second kappa shape index (κ2) is 10.0. The first-order valence-electron chi connectivity index (χ1n) is 9.24. The summed E-state index contributed by atoms with van der Waals surface area (Å²) in [6.07, 6.45) is 0.845. The van der Waals surface area contributed by atoms with Gasteiger partial charge in [0.05, 0.1) is 17.3 Å². The number of carbonyl (C=O) groups excluding carboxylic acids is 1. The highest BCUT2D eigenvalue weighted by molar-refractivity contribution is 9.10. The third kappa shape index (κ3) is 5.91. The Morgan fingerprint density at radius 3 is 2.69 bits per heavy atom. The van der Waals surface area contributed by atoms with Gasteiger partial charge >= 0.3 is 0 Å². The van der Waals surface area contributed by atoms with Crippen molar-refractivity contribution < 1.29 is 14.3 Å². The number of carbonyl (C=O) groups is 1. The smallest absolute Gasteiger partial charge is 0.266 e. The van der Waals surface area contributed by atoms with Crippen molar-refractivity contribution in [2.75, 3.05) is 45.8 Å². The number of benzene rings is 2. The number of fused-ring (bicyclic) bond motifs is 1. The topological polar surface area (TPSA) is 54.9 Å². The minimum absolute atomic E-state index is 0.0608. The Morgan fingerprint density at radius 2 is 1.93 bits per heavy atom. The number of amides is 1. The van der Waals surface area contributed by atoms with Crippen molar-refractivity contribution in [3.63, 3.8) is 0 Å². The van der Waals surface area contributed by atoms with E-state index in [-0.39, 0.29) is 12.5 Å². The summed E-state index contributed by atoms with van der Waals surface area (Å²) in [6, 6.07) is 13.2.